The summed E-state index contributed by atoms with van der Waals surface area (Å²) in [6, 6.07) is 8.42. The first-order valence-corrected chi connectivity index (χ1v) is 11.5. The summed E-state index contributed by atoms with van der Waals surface area (Å²) in [5, 5.41) is 5.76. The molecule has 4 heterocycles. The summed E-state index contributed by atoms with van der Waals surface area (Å²) in [6.07, 6.45) is 3.81. The average molecular weight is 425 g/mol. The van der Waals surface area contributed by atoms with Gasteiger partial charge in [0.1, 0.15) is 0 Å². The Hall–Kier alpha value is -2.45. The van der Waals surface area contributed by atoms with Crippen molar-refractivity contribution in [3.8, 4) is 11.3 Å². The fourth-order valence-corrected chi connectivity index (χ4v) is 5.22. The number of benzene rings is 1. The number of aromatic nitrogens is 3. The highest BCUT2D eigenvalue weighted by atomic mass is 32.1. The summed E-state index contributed by atoms with van der Waals surface area (Å²) in [7, 11) is 2.12. The van der Waals surface area contributed by atoms with E-state index in [2.05, 4.69) is 52.9 Å². The second-order valence-corrected chi connectivity index (χ2v) is 9.43. The van der Waals surface area contributed by atoms with E-state index in [0.29, 0.717) is 5.91 Å². The quantitative estimate of drug-likeness (QED) is 0.647. The van der Waals surface area contributed by atoms with Gasteiger partial charge in [-0.05, 0) is 26.8 Å². The Labute approximate surface area is 180 Å². The number of nitrogens with zero attached hydrogens (tertiary/aromatic N) is 6. The first kappa shape index (κ1) is 19.5. The fraction of sp³-hybridized carbons (Fsp3) is 0.500. The lowest BCUT2D eigenvalue weighted by atomic mass is 9.95. The van der Waals surface area contributed by atoms with Crippen LogP contribution in [0.2, 0.25) is 0 Å². The molecule has 2 aliphatic heterocycles. The minimum atomic E-state index is 0.154. The third kappa shape index (κ3) is 3.81. The van der Waals surface area contributed by atoms with E-state index >= 15 is 0 Å². The molecule has 0 N–H and O–H groups in total. The van der Waals surface area contributed by atoms with Crippen LogP contribution in [0.15, 0.2) is 30.5 Å². The van der Waals surface area contributed by atoms with Gasteiger partial charge in [0, 0.05) is 50.7 Å². The number of piperidine rings is 1. The van der Waals surface area contributed by atoms with Gasteiger partial charge in [0.05, 0.1) is 11.9 Å². The topological polar surface area (TPSA) is 57.0 Å². The largest absolute Gasteiger partial charge is 0.347 e. The molecule has 2 aromatic heterocycles. The second-order valence-electron chi connectivity index (χ2n) is 8.49. The van der Waals surface area contributed by atoms with Gasteiger partial charge in [0.25, 0.3) is 0 Å². The Morgan fingerprint density at radius 3 is 2.40 bits per heavy atom. The number of hydrogen-bond donors (Lipinski definition) is 0. The van der Waals surface area contributed by atoms with E-state index in [1.54, 1.807) is 11.3 Å². The molecule has 2 aliphatic rings. The summed E-state index contributed by atoms with van der Waals surface area (Å²) in [5.41, 5.74) is 3.31. The molecular formula is C22H28N6OS. The molecule has 1 amide bonds. The van der Waals surface area contributed by atoms with Gasteiger partial charge >= 0.3 is 0 Å². The predicted octanol–water partition coefficient (Wildman–Crippen LogP) is 2.76. The van der Waals surface area contributed by atoms with Gasteiger partial charge in [-0.15, -0.1) is 5.10 Å². The standard InChI is InChI=1S/C22H28N6OS/c1-16-3-5-17(6-4-16)19-15-28-21(23-19)30-22(24-28)27-9-7-18(8-10-27)20(29)26-13-11-25(2)12-14-26/h3-6,15,18H,7-14H2,1-2H3. The van der Waals surface area contributed by atoms with Crippen LogP contribution in [0.3, 0.4) is 0 Å². The number of amides is 1. The number of aryl methyl sites for hydroxylation is 1. The van der Waals surface area contributed by atoms with Crippen molar-refractivity contribution in [3.05, 3.63) is 36.0 Å². The monoisotopic (exact) mass is 424 g/mol. The van der Waals surface area contributed by atoms with Crippen molar-refractivity contribution in [2.45, 2.75) is 19.8 Å². The van der Waals surface area contributed by atoms with Crippen molar-refractivity contribution in [2.24, 2.45) is 5.92 Å². The lowest BCUT2D eigenvalue weighted by molar-refractivity contribution is -0.137. The van der Waals surface area contributed by atoms with E-state index in [1.807, 2.05) is 10.7 Å². The molecule has 8 heteroatoms. The minimum Gasteiger partial charge on any atom is -0.347 e. The van der Waals surface area contributed by atoms with Crippen LogP contribution >= 0.6 is 11.3 Å². The molecule has 0 aliphatic carbocycles. The van der Waals surface area contributed by atoms with Gasteiger partial charge in [0.15, 0.2) is 0 Å². The average Bonchev–Trinajstić information content (AvgIpc) is 3.34. The first-order valence-electron chi connectivity index (χ1n) is 10.7. The number of imidazole rings is 1. The number of hydrogen-bond acceptors (Lipinski definition) is 6. The van der Waals surface area contributed by atoms with E-state index < -0.39 is 0 Å². The zero-order valence-electron chi connectivity index (χ0n) is 17.6. The van der Waals surface area contributed by atoms with E-state index in [1.165, 1.54) is 5.56 Å². The number of fused-ring (bicyclic) bond motifs is 1. The number of anilines is 1. The van der Waals surface area contributed by atoms with E-state index in [-0.39, 0.29) is 5.92 Å². The first-order chi connectivity index (χ1) is 14.6. The normalized spacial score (nSPS) is 19.0. The molecular weight excluding hydrogens is 396 g/mol. The van der Waals surface area contributed by atoms with Crippen LogP contribution in [0.4, 0.5) is 5.13 Å². The highest BCUT2D eigenvalue weighted by molar-refractivity contribution is 7.20. The van der Waals surface area contributed by atoms with Crippen molar-refractivity contribution in [1.29, 1.82) is 0 Å². The van der Waals surface area contributed by atoms with Gasteiger partial charge in [-0.3, -0.25) is 4.79 Å². The maximum atomic E-state index is 12.9. The Morgan fingerprint density at radius 2 is 1.73 bits per heavy atom. The Bertz CT molecular complexity index is 994. The highest BCUT2D eigenvalue weighted by Gasteiger charge is 2.31. The van der Waals surface area contributed by atoms with Crippen LogP contribution in [0.5, 0.6) is 0 Å². The maximum Gasteiger partial charge on any atom is 0.225 e. The molecule has 30 heavy (non-hydrogen) atoms. The molecule has 7 nitrogen and oxygen atoms in total. The van der Waals surface area contributed by atoms with Gasteiger partial charge in [-0.2, -0.15) is 0 Å². The zero-order chi connectivity index (χ0) is 20.7. The molecule has 1 aromatic carbocycles. The van der Waals surface area contributed by atoms with Crippen molar-refractivity contribution in [1.82, 2.24) is 24.4 Å². The molecule has 0 spiro atoms. The summed E-state index contributed by atoms with van der Waals surface area (Å²) in [5.74, 6) is 0.501. The van der Waals surface area contributed by atoms with Crippen molar-refractivity contribution in [2.75, 3.05) is 51.2 Å². The Morgan fingerprint density at radius 1 is 1.03 bits per heavy atom. The van der Waals surface area contributed by atoms with Crippen molar-refractivity contribution >= 4 is 27.3 Å². The third-order valence-corrected chi connectivity index (χ3v) is 7.29. The van der Waals surface area contributed by atoms with Gasteiger partial charge in [-0.25, -0.2) is 9.50 Å². The summed E-state index contributed by atoms with van der Waals surface area (Å²) >= 11 is 1.63. The van der Waals surface area contributed by atoms with Crippen LogP contribution in [-0.2, 0) is 4.79 Å². The lowest BCUT2D eigenvalue weighted by Gasteiger charge is -2.37. The number of rotatable bonds is 3. The van der Waals surface area contributed by atoms with E-state index in [9.17, 15) is 4.79 Å². The second kappa shape index (κ2) is 8.00. The molecule has 0 unspecified atom stereocenters. The molecule has 158 valence electrons. The minimum absolute atomic E-state index is 0.154. The zero-order valence-corrected chi connectivity index (χ0v) is 18.4. The predicted molar refractivity (Wildman–Crippen MR) is 120 cm³/mol. The Balaban J connectivity index is 1.22. The number of carbonyl (C=O) groups excluding carboxylic acids is 1. The van der Waals surface area contributed by atoms with Crippen molar-refractivity contribution < 1.29 is 4.79 Å². The molecule has 5 rings (SSSR count). The summed E-state index contributed by atoms with van der Waals surface area (Å²) in [6.45, 7) is 7.54. The maximum absolute atomic E-state index is 12.9. The SMILES string of the molecule is Cc1ccc(-c2cn3nc(N4CCC(C(=O)N5CCN(C)CC5)CC4)sc3n2)cc1. The van der Waals surface area contributed by atoms with Crippen LogP contribution in [0, 0.1) is 12.8 Å². The number of carbonyl (C=O) groups is 1. The van der Waals surface area contributed by atoms with Crippen LogP contribution in [0.1, 0.15) is 18.4 Å². The molecule has 2 fully saturated rings. The van der Waals surface area contributed by atoms with Gasteiger partial charge < -0.3 is 14.7 Å². The van der Waals surface area contributed by atoms with Crippen molar-refractivity contribution in [3.63, 3.8) is 0 Å². The summed E-state index contributed by atoms with van der Waals surface area (Å²) in [4.78, 5) is 25.2. The van der Waals surface area contributed by atoms with Gasteiger partial charge in [0.2, 0.25) is 16.0 Å². The van der Waals surface area contributed by atoms with E-state index in [4.69, 9.17) is 10.1 Å². The number of likely N-dealkylation sites (N-methyl/N-ethyl adjacent to an activating group) is 1. The molecule has 0 saturated carbocycles. The smallest absolute Gasteiger partial charge is 0.225 e. The Kier molecular flexibility index (Phi) is 5.20. The van der Waals surface area contributed by atoms with Crippen LogP contribution in [0.25, 0.3) is 16.2 Å². The van der Waals surface area contributed by atoms with Crippen LogP contribution in [-0.4, -0.2) is 76.6 Å². The van der Waals surface area contributed by atoms with Gasteiger partial charge in [-0.1, -0.05) is 41.2 Å². The third-order valence-electron chi connectivity index (χ3n) is 6.31. The van der Waals surface area contributed by atoms with Crippen LogP contribution < -0.4 is 4.90 Å². The molecule has 0 bridgehead atoms. The molecule has 0 atom stereocenters. The highest BCUT2D eigenvalue weighted by Crippen LogP contribution is 2.30. The molecule has 0 radical (unpaired) electrons. The lowest BCUT2D eigenvalue weighted by Crippen LogP contribution is -2.50. The summed E-state index contributed by atoms with van der Waals surface area (Å²) < 4.78 is 1.89. The molecule has 3 aromatic rings. The van der Waals surface area contributed by atoms with E-state index in [0.717, 1.165) is 73.5 Å². The number of piperazine rings is 1. The molecule has 2 saturated heterocycles. The fourth-order valence-electron chi connectivity index (χ4n) is 4.28.